The first-order chi connectivity index (χ1) is 11.6. The van der Waals surface area contributed by atoms with Gasteiger partial charge in [-0.2, -0.15) is 5.10 Å². The van der Waals surface area contributed by atoms with Crippen LogP contribution >= 0.6 is 0 Å². The number of hydrogen-bond donors (Lipinski definition) is 2. The van der Waals surface area contributed by atoms with Crippen molar-refractivity contribution < 1.29 is 0 Å². The van der Waals surface area contributed by atoms with E-state index in [0.29, 0.717) is 11.6 Å². The van der Waals surface area contributed by atoms with E-state index >= 15 is 0 Å². The molecule has 124 valence electrons. The molecule has 3 aromatic rings. The molecule has 24 heavy (non-hydrogen) atoms. The van der Waals surface area contributed by atoms with Crippen molar-refractivity contribution in [3.63, 3.8) is 0 Å². The Morgan fingerprint density at radius 1 is 1.33 bits per heavy atom. The molecule has 1 aliphatic heterocycles. The highest BCUT2D eigenvalue weighted by molar-refractivity contribution is 5.85. The van der Waals surface area contributed by atoms with Gasteiger partial charge in [-0.05, 0) is 44.2 Å². The first-order valence-electron chi connectivity index (χ1n) is 8.25. The summed E-state index contributed by atoms with van der Waals surface area (Å²) in [6, 6.07) is 8.99. The van der Waals surface area contributed by atoms with Crippen molar-refractivity contribution in [1.82, 2.24) is 19.7 Å². The van der Waals surface area contributed by atoms with E-state index in [1.807, 2.05) is 6.92 Å². The quantitative estimate of drug-likeness (QED) is 0.776. The summed E-state index contributed by atoms with van der Waals surface area (Å²) in [5, 5.41) is 12.0. The smallest absolute Gasteiger partial charge is 0.271 e. The van der Waals surface area contributed by atoms with Crippen molar-refractivity contribution in [3.8, 4) is 0 Å². The van der Waals surface area contributed by atoms with Gasteiger partial charge < -0.3 is 15.2 Å². The summed E-state index contributed by atoms with van der Waals surface area (Å²) < 4.78 is 3.70. The number of nitrogens with zero attached hydrogens (tertiary/aromatic N) is 3. The minimum absolute atomic E-state index is 0.0824. The van der Waals surface area contributed by atoms with Crippen LogP contribution in [0.15, 0.2) is 41.5 Å². The first-order valence-corrected chi connectivity index (χ1v) is 8.25. The summed E-state index contributed by atoms with van der Waals surface area (Å²) in [7, 11) is 1.66. The van der Waals surface area contributed by atoms with Gasteiger partial charge in [0.05, 0.1) is 11.9 Å². The zero-order valence-electron chi connectivity index (χ0n) is 13.9. The van der Waals surface area contributed by atoms with E-state index in [9.17, 15) is 4.79 Å². The number of aryl methyl sites for hydroxylation is 1. The van der Waals surface area contributed by atoms with Crippen LogP contribution < -0.4 is 16.2 Å². The molecule has 2 N–H and O–H groups in total. The molecule has 1 unspecified atom stereocenters. The Morgan fingerprint density at radius 3 is 3.00 bits per heavy atom. The summed E-state index contributed by atoms with van der Waals surface area (Å²) in [6.45, 7) is 3.93. The number of benzene rings is 1. The zero-order chi connectivity index (χ0) is 16.7. The van der Waals surface area contributed by atoms with Gasteiger partial charge in [-0.15, -0.1) is 0 Å². The van der Waals surface area contributed by atoms with Gasteiger partial charge in [0.15, 0.2) is 0 Å². The maximum Gasteiger partial charge on any atom is 0.271 e. The van der Waals surface area contributed by atoms with E-state index in [1.165, 1.54) is 22.0 Å². The molecule has 1 atom stereocenters. The monoisotopic (exact) mass is 323 g/mol. The van der Waals surface area contributed by atoms with E-state index in [-0.39, 0.29) is 5.56 Å². The van der Waals surface area contributed by atoms with Crippen molar-refractivity contribution >= 4 is 22.3 Å². The van der Waals surface area contributed by atoms with Crippen molar-refractivity contribution in [2.45, 2.75) is 19.4 Å². The Bertz CT molecular complexity index is 950. The van der Waals surface area contributed by atoms with Crippen LogP contribution in [0.5, 0.6) is 0 Å². The molecule has 4 rings (SSSR count). The second-order valence-electron chi connectivity index (χ2n) is 6.38. The topological polar surface area (TPSA) is 63.9 Å². The molecule has 1 fully saturated rings. The van der Waals surface area contributed by atoms with Crippen LogP contribution in [0.25, 0.3) is 10.9 Å². The van der Waals surface area contributed by atoms with Crippen LogP contribution in [0, 0.1) is 6.92 Å². The Hall–Kier alpha value is -2.60. The fourth-order valence-corrected chi connectivity index (χ4v) is 3.37. The van der Waals surface area contributed by atoms with Gasteiger partial charge in [-0.1, -0.05) is 0 Å². The number of anilines is 2. The third-order valence-electron chi connectivity index (χ3n) is 4.81. The Labute approximate surface area is 140 Å². The van der Waals surface area contributed by atoms with Gasteiger partial charge in [-0.3, -0.25) is 4.79 Å². The summed E-state index contributed by atoms with van der Waals surface area (Å²) >= 11 is 0. The summed E-state index contributed by atoms with van der Waals surface area (Å²) in [5.74, 6) is 0. The second kappa shape index (κ2) is 5.79. The number of nitrogens with one attached hydrogen (secondary N) is 2. The van der Waals surface area contributed by atoms with Crippen molar-refractivity contribution in [2.75, 3.05) is 18.4 Å². The average Bonchev–Trinajstić information content (AvgIpc) is 3.24. The maximum atomic E-state index is 12.0. The number of aromatic nitrogens is 3. The SMILES string of the molecule is Cc1c(Nc2ccc3c(ccn3C3CCNC3)c2)cnn(C)c1=O. The van der Waals surface area contributed by atoms with E-state index in [1.54, 1.807) is 13.2 Å². The molecule has 0 radical (unpaired) electrons. The van der Waals surface area contributed by atoms with Crippen molar-refractivity contribution in [2.24, 2.45) is 7.05 Å². The normalized spacial score (nSPS) is 17.5. The van der Waals surface area contributed by atoms with Crippen LogP contribution in [0.4, 0.5) is 11.4 Å². The molecule has 0 aliphatic carbocycles. The standard InChI is InChI=1S/C18H21N5O/c1-12-16(11-20-22(2)18(12)24)21-14-3-4-17-13(9-14)6-8-23(17)15-5-7-19-10-15/h3-4,6,8-9,11,15,19,21H,5,7,10H2,1-2H3. The minimum Gasteiger partial charge on any atom is -0.354 e. The molecule has 6 heteroatoms. The molecular formula is C18H21N5O. The average molecular weight is 323 g/mol. The summed E-state index contributed by atoms with van der Waals surface area (Å²) in [6.07, 6.45) is 5.02. The number of fused-ring (bicyclic) bond motifs is 1. The van der Waals surface area contributed by atoms with Crippen LogP contribution in [-0.2, 0) is 7.05 Å². The zero-order valence-corrected chi connectivity index (χ0v) is 13.9. The molecule has 6 nitrogen and oxygen atoms in total. The number of rotatable bonds is 3. The first kappa shape index (κ1) is 15.0. The third-order valence-corrected chi connectivity index (χ3v) is 4.81. The molecule has 0 bridgehead atoms. The molecule has 2 aromatic heterocycles. The van der Waals surface area contributed by atoms with Gasteiger partial charge in [0, 0.05) is 48.0 Å². The Morgan fingerprint density at radius 2 is 2.21 bits per heavy atom. The molecule has 1 aliphatic rings. The maximum absolute atomic E-state index is 12.0. The molecular weight excluding hydrogens is 302 g/mol. The van der Waals surface area contributed by atoms with Crippen LogP contribution in [0.1, 0.15) is 18.0 Å². The minimum atomic E-state index is -0.0824. The van der Waals surface area contributed by atoms with Gasteiger partial charge >= 0.3 is 0 Å². The van der Waals surface area contributed by atoms with Gasteiger partial charge in [-0.25, -0.2) is 4.68 Å². The second-order valence-corrected chi connectivity index (χ2v) is 6.38. The van der Waals surface area contributed by atoms with Crippen molar-refractivity contribution in [3.05, 3.63) is 52.6 Å². The fourth-order valence-electron chi connectivity index (χ4n) is 3.37. The van der Waals surface area contributed by atoms with Crippen molar-refractivity contribution in [1.29, 1.82) is 0 Å². The fraction of sp³-hybridized carbons (Fsp3) is 0.333. The predicted molar refractivity (Wildman–Crippen MR) is 96.0 cm³/mol. The number of hydrogen-bond acceptors (Lipinski definition) is 4. The van der Waals surface area contributed by atoms with Gasteiger partial charge in [0.2, 0.25) is 0 Å². The molecule has 3 heterocycles. The molecule has 0 amide bonds. The lowest BCUT2D eigenvalue weighted by molar-refractivity contribution is 0.565. The summed E-state index contributed by atoms with van der Waals surface area (Å²) in [5.41, 5.74) is 3.54. The third kappa shape index (κ3) is 2.49. The lowest BCUT2D eigenvalue weighted by atomic mass is 10.2. The van der Waals surface area contributed by atoms with Gasteiger partial charge in [0.1, 0.15) is 0 Å². The highest BCUT2D eigenvalue weighted by atomic mass is 16.1. The summed E-state index contributed by atoms with van der Waals surface area (Å²) in [4.78, 5) is 12.0. The highest BCUT2D eigenvalue weighted by Gasteiger charge is 2.17. The van der Waals surface area contributed by atoms with E-state index in [2.05, 4.69) is 50.8 Å². The highest BCUT2D eigenvalue weighted by Crippen LogP contribution is 2.27. The Balaban J connectivity index is 1.66. The lowest BCUT2D eigenvalue weighted by Gasteiger charge is -2.13. The van der Waals surface area contributed by atoms with Crippen LogP contribution in [-0.4, -0.2) is 27.4 Å². The van der Waals surface area contributed by atoms with E-state index in [0.717, 1.165) is 24.5 Å². The molecule has 0 spiro atoms. The van der Waals surface area contributed by atoms with Gasteiger partial charge in [0.25, 0.3) is 5.56 Å². The molecule has 1 aromatic carbocycles. The molecule has 1 saturated heterocycles. The largest absolute Gasteiger partial charge is 0.354 e. The van der Waals surface area contributed by atoms with Crippen LogP contribution in [0.3, 0.4) is 0 Å². The molecule has 0 saturated carbocycles. The lowest BCUT2D eigenvalue weighted by Crippen LogP contribution is -2.22. The predicted octanol–water partition coefficient (Wildman–Crippen LogP) is 2.32. The Kier molecular flexibility index (Phi) is 3.61. The van der Waals surface area contributed by atoms with Crippen LogP contribution in [0.2, 0.25) is 0 Å². The van der Waals surface area contributed by atoms with E-state index < -0.39 is 0 Å². The van der Waals surface area contributed by atoms with E-state index in [4.69, 9.17) is 0 Å².